The standard InChI is InChI=1S/C15H23ClN2O2/c1-4-5-11(2)18-15(19)10-20-14-7-6-13(16)8-12(14)9-17-3/h6-8,11,17H,4-5,9-10H2,1-3H3,(H,18,19). The average molecular weight is 299 g/mol. The smallest absolute Gasteiger partial charge is 0.258 e. The maximum atomic E-state index is 11.8. The van der Waals surface area contributed by atoms with Crippen LogP contribution in [0.1, 0.15) is 32.3 Å². The zero-order chi connectivity index (χ0) is 15.0. The molecule has 0 saturated carbocycles. The molecule has 2 N–H and O–H groups in total. The first kappa shape index (κ1) is 16.8. The summed E-state index contributed by atoms with van der Waals surface area (Å²) in [6.07, 6.45) is 2.02. The highest BCUT2D eigenvalue weighted by molar-refractivity contribution is 6.30. The summed E-state index contributed by atoms with van der Waals surface area (Å²) in [5.74, 6) is 0.582. The minimum Gasteiger partial charge on any atom is -0.483 e. The second-order valence-corrected chi connectivity index (χ2v) is 5.26. The Morgan fingerprint density at radius 3 is 2.85 bits per heavy atom. The van der Waals surface area contributed by atoms with E-state index in [1.807, 2.05) is 20.0 Å². The molecule has 20 heavy (non-hydrogen) atoms. The Morgan fingerprint density at radius 1 is 1.45 bits per heavy atom. The van der Waals surface area contributed by atoms with Crippen LogP contribution in [-0.2, 0) is 11.3 Å². The second kappa shape index (κ2) is 8.82. The lowest BCUT2D eigenvalue weighted by Gasteiger charge is -2.15. The first-order valence-corrected chi connectivity index (χ1v) is 7.29. The summed E-state index contributed by atoms with van der Waals surface area (Å²) in [6, 6.07) is 5.56. The number of ether oxygens (including phenoxy) is 1. The molecule has 1 atom stereocenters. The van der Waals surface area contributed by atoms with Gasteiger partial charge in [-0.2, -0.15) is 0 Å². The lowest BCUT2D eigenvalue weighted by atomic mass is 10.2. The van der Waals surface area contributed by atoms with Gasteiger partial charge in [-0.15, -0.1) is 0 Å². The van der Waals surface area contributed by atoms with E-state index in [0.29, 0.717) is 17.3 Å². The molecule has 0 aromatic heterocycles. The van der Waals surface area contributed by atoms with Crippen LogP contribution in [0.15, 0.2) is 18.2 Å². The summed E-state index contributed by atoms with van der Waals surface area (Å²) >= 11 is 5.96. The Bertz CT molecular complexity index is 438. The summed E-state index contributed by atoms with van der Waals surface area (Å²) in [6.45, 7) is 4.75. The number of benzene rings is 1. The third kappa shape index (κ3) is 5.80. The maximum Gasteiger partial charge on any atom is 0.258 e. The van der Waals surface area contributed by atoms with E-state index < -0.39 is 0 Å². The Balaban J connectivity index is 2.54. The van der Waals surface area contributed by atoms with Crippen molar-refractivity contribution in [3.05, 3.63) is 28.8 Å². The lowest BCUT2D eigenvalue weighted by molar-refractivity contribution is -0.123. The second-order valence-electron chi connectivity index (χ2n) is 4.83. The highest BCUT2D eigenvalue weighted by Gasteiger charge is 2.09. The van der Waals surface area contributed by atoms with Crippen LogP contribution in [0.4, 0.5) is 0 Å². The van der Waals surface area contributed by atoms with Gasteiger partial charge in [0.15, 0.2) is 6.61 Å². The van der Waals surface area contributed by atoms with Gasteiger partial charge in [0.25, 0.3) is 5.91 Å². The van der Waals surface area contributed by atoms with Crippen molar-refractivity contribution >= 4 is 17.5 Å². The van der Waals surface area contributed by atoms with Crippen molar-refractivity contribution in [3.8, 4) is 5.75 Å². The summed E-state index contributed by atoms with van der Waals surface area (Å²) in [5, 5.41) is 6.61. The van der Waals surface area contributed by atoms with Crippen molar-refractivity contribution in [2.45, 2.75) is 39.3 Å². The first-order valence-electron chi connectivity index (χ1n) is 6.92. The molecule has 5 heteroatoms. The third-order valence-electron chi connectivity index (χ3n) is 2.88. The SMILES string of the molecule is CCCC(C)NC(=O)COc1ccc(Cl)cc1CNC. The molecule has 0 aliphatic carbocycles. The normalized spacial score (nSPS) is 12.0. The van der Waals surface area contributed by atoms with Crippen molar-refractivity contribution in [2.75, 3.05) is 13.7 Å². The van der Waals surface area contributed by atoms with E-state index in [1.54, 1.807) is 12.1 Å². The van der Waals surface area contributed by atoms with Gasteiger partial charge >= 0.3 is 0 Å². The highest BCUT2D eigenvalue weighted by atomic mass is 35.5. The minimum atomic E-state index is -0.101. The number of nitrogens with one attached hydrogen (secondary N) is 2. The molecule has 0 fully saturated rings. The van der Waals surface area contributed by atoms with Gasteiger partial charge in [0.05, 0.1) is 0 Å². The maximum absolute atomic E-state index is 11.8. The predicted molar refractivity (Wildman–Crippen MR) is 82.2 cm³/mol. The Labute approximate surface area is 125 Å². The summed E-state index contributed by atoms with van der Waals surface area (Å²) in [4.78, 5) is 11.8. The molecule has 0 spiro atoms. The monoisotopic (exact) mass is 298 g/mol. The van der Waals surface area contributed by atoms with Gasteiger partial charge in [0.2, 0.25) is 0 Å². The molecule has 0 bridgehead atoms. The quantitative estimate of drug-likeness (QED) is 0.776. The van der Waals surface area contributed by atoms with Crippen LogP contribution in [0.2, 0.25) is 5.02 Å². The van der Waals surface area contributed by atoms with E-state index in [1.165, 1.54) is 0 Å². The van der Waals surface area contributed by atoms with Crippen molar-refractivity contribution in [2.24, 2.45) is 0 Å². The van der Waals surface area contributed by atoms with Crippen molar-refractivity contribution in [1.29, 1.82) is 0 Å². The highest BCUT2D eigenvalue weighted by Crippen LogP contribution is 2.22. The third-order valence-corrected chi connectivity index (χ3v) is 3.11. The van der Waals surface area contributed by atoms with E-state index in [4.69, 9.17) is 16.3 Å². The molecule has 112 valence electrons. The van der Waals surface area contributed by atoms with Crippen molar-refractivity contribution in [1.82, 2.24) is 10.6 Å². The molecule has 1 aromatic rings. The fraction of sp³-hybridized carbons (Fsp3) is 0.533. The van der Waals surface area contributed by atoms with Crippen molar-refractivity contribution < 1.29 is 9.53 Å². The molecule has 0 heterocycles. The molecule has 1 amide bonds. The number of hydrogen-bond donors (Lipinski definition) is 2. The Kier molecular flexibility index (Phi) is 7.41. The average Bonchev–Trinajstić information content (AvgIpc) is 2.38. The number of carbonyl (C=O) groups is 1. The lowest BCUT2D eigenvalue weighted by Crippen LogP contribution is -2.36. The number of rotatable bonds is 8. The van der Waals surface area contributed by atoms with Crippen LogP contribution in [-0.4, -0.2) is 25.6 Å². The van der Waals surface area contributed by atoms with Crippen molar-refractivity contribution in [3.63, 3.8) is 0 Å². The van der Waals surface area contributed by atoms with Gasteiger partial charge in [0.1, 0.15) is 5.75 Å². The van der Waals surface area contributed by atoms with Gasteiger partial charge in [-0.3, -0.25) is 4.79 Å². The predicted octanol–water partition coefficient (Wildman–Crippen LogP) is 2.74. The van der Waals surface area contributed by atoms with E-state index in [2.05, 4.69) is 17.6 Å². The van der Waals surface area contributed by atoms with Gasteiger partial charge < -0.3 is 15.4 Å². The summed E-state index contributed by atoms with van der Waals surface area (Å²) < 4.78 is 5.57. The molecule has 0 saturated heterocycles. The number of amides is 1. The molecule has 0 aliphatic heterocycles. The van der Waals surface area contributed by atoms with Crippen LogP contribution >= 0.6 is 11.6 Å². The first-order chi connectivity index (χ1) is 9.56. The van der Waals surface area contributed by atoms with Gasteiger partial charge in [-0.25, -0.2) is 0 Å². The van der Waals surface area contributed by atoms with E-state index >= 15 is 0 Å². The fourth-order valence-electron chi connectivity index (χ4n) is 1.98. The molecular formula is C15H23ClN2O2. The Hall–Kier alpha value is -1.26. The minimum absolute atomic E-state index is 0.0202. The number of halogens is 1. The summed E-state index contributed by atoms with van der Waals surface area (Å²) in [7, 11) is 1.85. The fourth-order valence-corrected chi connectivity index (χ4v) is 2.18. The number of carbonyl (C=O) groups excluding carboxylic acids is 1. The van der Waals surface area contributed by atoms with Gasteiger partial charge in [0, 0.05) is 23.2 Å². The number of hydrogen-bond acceptors (Lipinski definition) is 3. The van der Waals surface area contributed by atoms with Gasteiger partial charge in [-0.1, -0.05) is 24.9 Å². The van der Waals surface area contributed by atoms with Gasteiger partial charge in [-0.05, 0) is 38.6 Å². The van der Waals surface area contributed by atoms with E-state index in [9.17, 15) is 4.79 Å². The van der Waals surface area contributed by atoms with Crippen LogP contribution in [0.5, 0.6) is 5.75 Å². The largest absolute Gasteiger partial charge is 0.483 e. The van der Waals surface area contributed by atoms with Crippen LogP contribution in [0.25, 0.3) is 0 Å². The molecule has 0 aliphatic rings. The van der Waals surface area contributed by atoms with E-state index in [0.717, 1.165) is 18.4 Å². The molecule has 1 rings (SSSR count). The van der Waals surface area contributed by atoms with Crippen LogP contribution in [0.3, 0.4) is 0 Å². The zero-order valence-corrected chi connectivity index (χ0v) is 13.1. The van der Waals surface area contributed by atoms with Crippen LogP contribution in [0, 0.1) is 0 Å². The Morgan fingerprint density at radius 2 is 2.20 bits per heavy atom. The molecule has 4 nitrogen and oxygen atoms in total. The van der Waals surface area contributed by atoms with E-state index in [-0.39, 0.29) is 18.6 Å². The molecule has 1 aromatic carbocycles. The summed E-state index contributed by atoms with van der Waals surface area (Å²) in [5.41, 5.74) is 0.939. The molecule has 0 radical (unpaired) electrons. The van der Waals surface area contributed by atoms with Crippen LogP contribution < -0.4 is 15.4 Å². The zero-order valence-electron chi connectivity index (χ0n) is 12.3. The molecule has 1 unspecified atom stereocenters. The topological polar surface area (TPSA) is 50.4 Å². The molecular weight excluding hydrogens is 276 g/mol.